The van der Waals surface area contributed by atoms with E-state index in [1.54, 1.807) is 6.07 Å². The molecule has 3 nitrogen and oxygen atoms in total. The van der Waals surface area contributed by atoms with Crippen LogP contribution in [-0.4, -0.2) is 43.7 Å². The van der Waals surface area contributed by atoms with E-state index < -0.39 is 11.6 Å². The van der Waals surface area contributed by atoms with Crippen LogP contribution in [-0.2, 0) is 0 Å². The first kappa shape index (κ1) is 14.2. The molecule has 0 aromatic heterocycles. The Labute approximate surface area is 113 Å². The van der Waals surface area contributed by atoms with Crippen molar-refractivity contribution in [1.82, 2.24) is 10.2 Å². The van der Waals surface area contributed by atoms with Gasteiger partial charge in [-0.05, 0) is 31.5 Å². The number of piperazine rings is 1. The van der Waals surface area contributed by atoms with Crippen molar-refractivity contribution < 1.29 is 8.78 Å². The third kappa shape index (κ3) is 4.14. The maximum Gasteiger partial charge on any atom is 0.160 e. The highest BCUT2D eigenvalue weighted by Crippen LogP contribution is 2.13. The molecule has 0 saturated carbocycles. The number of rotatable bonds is 5. The zero-order valence-corrected chi connectivity index (χ0v) is 11.3. The summed E-state index contributed by atoms with van der Waals surface area (Å²) in [5.74, 6) is -1.61. The van der Waals surface area contributed by atoms with Crippen LogP contribution in [0, 0.1) is 11.6 Å². The first-order valence-corrected chi connectivity index (χ1v) is 6.80. The van der Waals surface area contributed by atoms with Crippen molar-refractivity contribution in [1.29, 1.82) is 0 Å². The maximum atomic E-state index is 13.0. The van der Waals surface area contributed by atoms with E-state index in [1.807, 2.05) is 0 Å². The third-order valence-corrected chi connectivity index (χ3v) is 3.59. The molecule has 19 heavy (non-hydrogen) atoms. The monoisotopic (exact) mass is 269 g/mol. The Morgan fingerprint density at radius 1 is 1.26 bits per heavy atom. The molecule has 5 heteroatoms. The fourth-order valence-corrected chi connectivity index (χ4v) is 2.34. The summed E-state index contributed by atoms with van der Waals surface area (Å²) in [6.45, 7) is 7.20. The summed E-state index contributed by atoms with van der Waals surface area (Å²) < 4.78 is 25.8. The molecule has 0 radical (unpaired) electrons. The Hall–Kier alpha value is -1.20. The van der Waals surface area contributed by atoms with Gasteiger partial charge in [-0.1, -0.05) is 0 Å². The van der Waals surface area contributed by atoms with Crippen molar-refractivity contribution in [3.63, 3.8) is 0 Å². The minimum Gasteiger partial charge on any atom is -0.385 e. The molecule has 1 aromatic carbocycles. The Kier molecular flexibility index (Phi) is 5.10. The van der Waals surface area contributed by atoms with Crippen LogP contribution in [0.4, 0.5) is 14.5 Å². The van der Waals surface area contributed by atoms with E-state index >= 15 is 0 Å². The van der Waals surface area contributed by atoms with Crippen LogP contribution in [0.5, 0.6) is 0 Å². The van der Waals surface area contributed by atoms with Crippen molar-refractivity contribution in [3.8, 4) is 0 Å². The number of anilines is 1. The summed E-state index contributed by atoms with van der Waals surface area (Å²) >= 11 is 0. The number of hydrogen-bond donors (Lipinski definition) is 2. The van der Waals surface area contributed by atoms with Crippen LogP contribution < -0.4 is 10.6 Å². The third-order valence-electron chi connectivity index (χ3n) is 3.59. The molecule has 1 fully saturated rings. The summed E-state index contributed by atoms with van der Waals surface area (Å²) in [6.07, 6.45) is 0.985. The van der Waals surface area contributed by atoms with Gasteiger partial charge in [-0.2, -0.15) is 0 Å². The highest BCUT2D eigenvalue weighted by Gasteiger charge is 2.15. The average Bonchev–Trinajstić information content (AvgIpc) is 2.43. The lowest BCUT2D eigenvalue weighted by molar-refractivity contribution is 0.179. The lowest BCUT2D eigenvalue weighted by Crippen LogP contribution is -2.47. The topological polar surface area (TPSA) is 27.3 Å². The smallest absolute Gasteiger partial charge is 0.160 e. The van der Waals surface area contributed by atoms with E-state index in [1.165, 1.54) is 6.07 Å². The Balaban J connectivity index is 1.74. The Bertz CT molecular complexity index is 406. The van der Waals surface area contributed by atoms with Gasteiger partial charge in [-0.3, -0.25) is 4.90 Å². The number of nitrogens with one attached hydrogen (secondary N) is 2. The standard InChI is InChI=1S/C14H21F2N3/c1-11(19-8-6-17-7-9-19)4-5-18-12-2-3-13(15)14(16)10-12/h2-3,10-11,17-18H,4-9H2,1H3. The molecule has 0 bridgehead atoms. The van der Waals surface area contributed by atoms with E-state index in [-0.39, 0.29) is 0 Å². The molecule has 0 spiro atoms. The molecule has 2 N–H and O–H groups in total. The van der Waals surface area contributed by atoms with E-state index in [9.17, 15) is 8.78 Å². The van der Waals surface area contributed by atoms with Gasteiger partial charge in [0.25, 0.3) is 0 Å². The van der Waals surface area contributed by atoms with Gasteiger partial charge in [-0.25, -0.2) is 8.78 Å². The summed E-state index contributed by atoms with van der Waals surface area (Å²) in [4.78, 5) is 2.45. The predicted molar refractivity (Wildman–Crippen MR) is 73.4 cm³/mol. The van der Waals surface area contributed by atoms with Crippen LogP contribution in [0.3, 0.4) is 0 Å². The van der Waals surface area contributed by atoms with Crippen LogP contribution in [0.1, 0.15) is 13.3 Å². The van der Waals surface area contributed by atoms with Crippen LogP contribution in [0.2, 0.25) is 0 Å². The molecular weight excluding hydrogens is 248 g/mol. The second kappa shape index (κ2) is 6.82. The van der Waals surface area contributed by atoms with Gasteiger partial charge in [0.15, 0.2) is 11.6 Å². The largest absolute Gasteiger partial charge is 0.385 e. The normalized spacial score (nSPS) is 18.3. The molecule has 1 unspecified atom stereocenters. The molecule has 1 aliphatic heterocycles. The molecule has 0 amide bonds. The second-order valence-corrected chi connectivity index (χ2v) is 4.98. The van der Waals surface area contributed by atoms with Crippen LogP contribution in [0.15, 0.2) is 18.2 Å². The number of nitrogens with zero attached hydrogens (tertiary/aromatic N) is 1. The van der Waals surface area contributed by atoms with Gasteiger partial charge >= 0.3 is 0 Å². The lowest BCUT2D eigenvalue weighted by atomic mass is 10.1. The van der Waals surface area contributed by atoms with E-state index in [0.29, 0.717) is 11.7 Å². The molecule has 1 atom stereocenters. The summed E-state index contributed by atoms with van der Waals surface area (Å²) in [5, 5.41) is 6.46. The molecule has 1 heterocycles. The van der Waals surface area contributed by atoms with Gasteiger partial charge in [-0.15, -0.1) is 0 Å². The quantitative estimate of drug-likeness (QED) is 0.857. The zero-order chi connectivity index (χ0) is 13.7. The van der Waals surface area contributed by atoms with E-state index in [2.05, 4.69) is 22.5 Å². The van der Waals surface area contributed by atoms with Crippen molar-refractivity contribution in [3.05, 3.63) is 29.8 Å². The van der Waals surface area contributed by atoms with E-state index in [4.69, 9.17) is 0 Å². The van der Waals surface area contributed by atoms with Gasteiger partial charge in [0.2, 0.25) is 0 Å². The van der Waals surface area contributed by atoms with Crippen LogP contribution >= 0.6 is 0 Å². The Morgan fingerprint density at radius 2 is 2.00 bits per heavy atom. The first-order chi connectivity index (χ1) is 9.16. The Morgan fingerprint density at radius 3 is 2.68 bits per heavy atom. The average molecular weight is 269 g/mol. The van der Waals surface area contributed by atoms with Crippen molar-refractivity contribution in [2.24, 2.45) is 0 Å². The molecule has 1 saturated heterocycles. The van der Waals surface area contributed by atoms with Crippen molar-refractivity contribution in [2.45, 2.75) is 19.4 Å². The molecule has 1 aromatic rings. The number of hydrogen-bond acceptors (Lipinski definition) is 3. The SMILES string of the molecule is CC(CCNc1ccc(F)c(F)c1)N1CCNCC1. The van der Waals surface area contributed by atoms with Gasteiger partial charge in [0.1, 0.15) is 0 Å². The van der Waals surface area contributed by atoms with Crippen molar-refractivity contribution in [2.75, 3.05) is 38.0 Å². The summed E-state index contributed by atoms with van der Waals surface area (Å²) in [5.41, 5.74) is 0.631. The van der Waals surface area contributed by atoms with Crippen LogP contribution in [0.25, 0.3) is 0 Å². The summed E-state index contributed by atoms with van der Waals surface area (Å²) in [7, 11) is 0. The number of halogens is 2. The number of benzene rings is 1. The zero-order valence-electron chi connectivity index (χ0n) is 11.3. The van der Waals surface area contributed by atoms with Gasteiger partial charge in [0, 0.05) is 44.5 Å². The molecule has 1 aliphatic rings. The molecule has 106 valence electrons. The molecular formula is C14H21F2N3. The molecule has 0 aliphatic carbocycles. The first-order valence-electron chi connectivity index (χ1n) is 6.80. The summed E-state index contributed by atoms with van der Waals surface area (Å²) in [6, 6.07) is 4.41. The second-order valence-electron chi connectivity index (χ2n) is 4.98. The fraction of sp³-hybridized carbons (Fsp3) is 0.571. The van der Waals surface area contributed by atoms with Gasteiger partial charge in [0.05, 0.1) is 0 Å². The minimum atomic E-state index is -0.806. The fourth-order valence-electron chi connectivity index (χ4n) is 2.34. The van der Waals surface area contributed by atoms with Gasteiger partial charge < -0.3 is 10.6 Å². The predicted octanol–water partition coefficient (Wildman–Crippen LogP) is 2.06. The maximum absolute atomic E-state index is 13.0. The molecule has 2 rings (SSSR count). The highest BCUT2D eigenvalue weighted by atomic mass is 19.2. The highest BCUT2D eigenvalue weighted by molar-refractivity contribution is 5.43. The lowest BCUT2D eigenvalue weighted by Gasteiger charge is -2.32. The van der Waals surface area contributed by atoms with E-state index in [0.717, 1.165) is 45.2 Å². The van der Waals surface area contributed by atoms with Crippen molar-refractivity contribution >= 4 is 5.69 Å². The minimum absolute atomic E-state index is 0.500.